The number of rotatable bonds is 11. The molecule has 5 aromatic rings. The largest absolute Gasteiger partial charge is 0.493 e. The van der Waals surface area contributed by atoms with Crippen molar-refractivity contribution in [2.75, 3.05) is 26.1 Å². The summed E-state index contributed by atoms with van der Waals surface area (Å²) < 4.78 is 40.1. The number of nitrogens with two attached hydrogens (primary N) is 1. The minimum absolute atomic E-state index is 0.0675. The van der Waals surface area contributed by atoms with Crippen molar-refractivity contribution in [1.29, 1.82) is 0 Å². The predicted octanol–water partition coefficient (Wildman–Crippen LogP) is 4.59. The van der Waals surface area contributed by atoms with Crippen molar-refractivity contribution >= 4 is 28.5 Å². The maximum Gasteiger partial charge on any atom is 0.320 e. The molecular weight excluding hydrogens is 597 g/mol. The molecule has 46 heavy (non-hydrogen) atoms. The zero-order valence-corrected chi connectivity index (χ0v) is 25.6. The van der Waals surface area contributed by atoms with Gasteiger partial charge < -0.3 is 30.0 Å². The highest BCUT2D eigenvalue weighted by Gasteiger charge is 2.26. The van der Waals surface area contributed by atoms with Gasteiger partial charge in [-0.15, -0.1) is 0 Å². The zero-order valence-electron chi connectivity index (χ0n) is 25.6. The van der Waals surface area contributed by atoms with Crippen LogP contribution in [0.5, 0.6) is 23.0 Å². The maximum absolute atomic E-state index is 15.3. The number of benzene rings is 3. The Morgan fingerprint density at radius 3 is 2.37 bits per heavy atom. The summed E-state index contributed by atoms with van der Waals surface area (Å²) >= 11 is 0. The van der Waals surface area contributed by atoms with E-state index >= 15 is 4.39 Å². The molecule has 0 saturated heterocycles. The van der Waals surface area contributed by atoms with E-state index in [9.17, 15) is 14.4 Å². The lowest BCUT2D eigenvalue weighted by molar-refractivity contribution is -0.147. The molecule has 0 fully saturated rings. The first kappa shape index (κ1) is 31.7. The lowest BCUT2D eigenvalue weighted by Crippen LogP contribution is -2.30. The third-order valence-corrected chi connectivity index (χ3v) is 7.17. The van der Waals surface area contributed by atoms with Gasteiger partial charge in [-0.25, -0.2) is 9.07 Å². The molecule has 2 aromatic heterocycles. The second kappa shape index (κ2) is 13.5. The lowest BCUT2D eigenvalue weighted by Gasteiger charge is -2.18. The van der Waals surface area contributed by atoms with Gasteiger partial charge in [0, 0.05) is 29.4 Å². The van der Waals surface area contributed by atoms with E-state index in [-0.39, 0.29) is 30.1 Å². The molecule has 238 valence electrons. The summed E-state index contributed by atoms with van der Waals surface area (Å²) in [6.07, 6.45) is 0.866. The van der Waals surface area contributed by atoms with Crippen LogP contribution in [0, 0.1) is 12.7 Å². The van der Waals surface area contributed by atoms with Crippen LogP contribution in [0.2, 0.25) is 0 Å². The number of halogens is 1. The van der Waals surface area contributed by atoms with E-state index in [1.165, 1.54) is 37.2 Å². The van der Waals surface area contributed by atoms with Crippen molar-refractivity contribution in [2.24, 2.45) is 5.73 Å². The number of methoxy groups -OCH3 is 2. The first-order valence-electron chi connectivity index (χ1n) is 14.2. The predicted molar refractivity (Wildman–Crippen MR) is 169 cm³/mol. The molecule has 13 heteroatoms. The molecule has 0 bridgehead atoms. The van der Waals surface area contributed by atoms with Crippen LogP contribution in [0.25, 0.3) is 16.6 Å². The molecule has 0 aliphatic heterocycles. The van der Waals surface area contributed by atoms with Crippen molar-refractivity contribution in [3.63, 3.8) is 0 Å². The average Bonchev–Trinajstić information content (AvgIpc) is 3.29. The monoisotopic (exact) mass is 629 g/mol. The number of anilines is 1. The summed E-state index contributed by atoms with van der Waals surface area (Å²) in [6.45, 7) is 3.03. The maximum atomic E-state index is 15.3. The van der Waals surface area contributed by atoms with Crippen LogP contribution in [0.15, 0.2) is 77.7 Å². The minimum atomic E-state index is -0.755. The van der Waals surface area contributed by atoms with Gasteiger partial charge in [0.1, 0.15) is 17.4 Å². The first-order chi connectivity index (χ1) is 22.1. The molecular formula is C33H32FN5O7. The SMILES string of the molecule is COc1cc2nccc(Oc3ccc(NC(=O)c4c(C)n(C[C@@H](C)OC(=O)CN)n(-c5ccccc5)c4=O)cc3F)c2cc1OC. The Morgan fingerprint density at radius 1 is 0.978 bits per heavy atom. The van der Waals surface area contributed by atoms with E-state index in [4.69, 9.17) is 24.7 Å². The molecule has 0 radical (unpaired) electrons. The van der Waals surface area contributed by atoms with Gasteiger partial charge in [-0.05, 0) is 50.2 Å². The van der Waals surface area contributed by atoms with Crippen molar-refractivity contribution in [2.45, 2.75) is 26.5 Å². The van der Waals surface area contributed by atoms with Crippen molar-refractivity contribution < 1.29 is 32.9 Å². The number of nitrogens with one attached hydrogen (secondary N) is 1. The molecule has 12 nitrogen and oxygen atoms in total. The summed E-state index contributed by atoms with van der Waals surface area (Å²) in [5.41, 5.74) is 6.08. The second-order valence-electron chi connectivity index (χ2n) is 10.2. The third-order valence-electron chi connectivity index (χ3n) is 7.17. The summed E-state index contributed by atoms with van der Waals surface area (Å²) in [5.74, 6) is -0.942. The Bertz CT molecular complexity index is 1970. The van der Waals surface area contributed by atoms with Crippen LogP contribution < -0.4 is 30.8 Å². The number of carbonyl (C=O) groups is 2. The summed E-state index contributed by atoms with van der Waals surface area (Å²) in [4.78, 5) is 43.2. The molecule has 2 heterocycles. The molecule has 0 spiro atoms. The summed E-state index contributed by atoms with van der Waals surface area (Å²) in [6, 6.07) is 17.6. The number of aromatic nitrogens is 3. The topological polar surface area (TPSA) is 149 Å². The van der Waals surface area contributed by atoms with Crippen molar-refractivity contribution in [3.8, 4) is 28.7 Å². The minimum Gasteiger partial charge on any atom is -0.493 e. The number of ether oxygens (including phenoxy) is 4. The van der Waals surface area contributed by atoms with Crippen molar-refractivity contribution in [1.82, 2.24) is 14.3 Å². The number of carbonyl (C=O) groups excluding carboxylic acids is 2. The van der Waals surface area contributed by atoms with Crippen molar-refractivity contribution in [3.05, 3.63) is 100 Å². The van der Waals surface area contributed by atoms with Crippen LogP contribution in [0.4, 0.5) is 10.1 Å². The number of esters is 1. The standard InChI is InChI=1S/C33H32FN5O7/c1-19(45-30(40)17-35)18-38-20(2)31(33(42)39(38)22-8-6-5-7-9-22)32(41)37-21-10-11-27(24(34)14-21)46-26-12-13-36-25-16-29(44-4)28(43-3)15-23(25)26/h5-16,19H,17-18,35H2,1-4H3,(H,37,41)/t19-/m1/s1. The number of para-hydroxylation sites is 1. The van der Waals surface area contributed by atoms with Gasteiger partial charge in [0.05, 0.1) is 44.2 Å². The quantitative estimate of drug-likeness (QED) is 0.200. The van der Waals surface area contributed by atoms with Gasteiger partial charge in [-0.2, -0.15) is 0 Å². The number of pyridine rings is 1. The highest BCUT2D eigenvalue weighted by Crippen LogP contribution is 2.37. The Kier molecular flexibility index (Phi) is 9.33. The Labute approximate surface area is 263 Å². The highest BCUT2D eigenvalue weighted by molar-refractivity contribution is 6.05. The zero-order chi connectivity index (χ0) is 33.0. The van der Waals surface area contributed by atoms with Gasteiger partial charge in [0.2, 0.25) is 0 Å². The summed E-state index contributed by atoms with van der Waals surface area (Å²) in [7, 11) is 3.01. The number of hydrogen-bond acceptors (Lipinski definition) is 9. The van der Waals surface area contributed by atoms with E-state index in [2.05, 4.69) is 10.3 Å². The van der Waals surface area contributed by atoms with E-state index in [1.54, 1.807) is 67.1 Å². The molecule has 5 rings (SSSR count). The van der Waals surface area contributed by atoms with Gasteiger partial charge in [-0.1, -0.05) is 18.2 Å². The van der Waals surface area contributed by atoms with Crippen LogP contribution in [-0.4, -0.2) is 53.1 Å². The fraction of sp³-hybridized carbons (Fsp3) is 0.212. The molecule has 0 aliphatic carbocycles. The molecule has 0 unspecified atom stereocenters. The van der Waals surface area contributed by atoms with Gasteiger partial charge >= 0.3 is 5.97 Å². The van der Waals surface area contributed by atoms with Crippen LogP contribution in [0.3, 0.4) is 0 Å². The van der Waals surface area contributed by atoms with E-state index in [0.717, 1.165) is 6.07 Å². The molecule has 1 atom stereocenters. The Morgan fingerprint density at radius 2 is 1.70 bits per heavy atom. The Balaban J connectivity index is 1.42. The molecule has 3 N–H and O–H groups in total. The van der Waals surface area contributed by atoms with E-state index < -0.39 is 29.4 Å². The van der Waals surface area contributed by atoms with Crippen LogP contribution in [0.1, 0.15) is 23.0 Å². The Hall–Kier alpha value is -5.69. The van der Waals surface area contributed by atoms with Gasteiger partial charge in [0.15, 0.2) is 23.1 Å². The molecule has 0 aliphatic rings. The first-order valence-corrected chi connectivity index (χ1v) is 14.2. The molecule has 1 amide bonds. The number of amides is 1. The third kappa shape index (κ3) is 6.40. The van der Waals surface area contributed by atoms with Gasteiger partial charge in [-0.3, -0.25) is 24.0 Å². The van der Waals surface area contributed by atoms with E-state index in [0.29, 0.717) is 39.5 Å². The highest BCUT2D eigenvalue weighted by atomic mass is 19.1. The number of hydrogen-bond donors (Lipinski definition) is 2. The lowest BCUT2D eigenvalue weighted by atomic mass is 10.1. The fourth-order valence-electron chi connectivity index (χ4n) is 5.02. The number of fused-ring (bicyclic) bond motifs is 1. The van der Waals surface area contributed by atoms with Crippen LogP contribution >= 0.6 is 0 Å². The molecule has 0 saturated carbocycles. The summed E-state index contributed by atoms with van der Waals surface area (Å²) in [5, 5.41) is 3.18. The van der Waals surface area contributed by atoms with Gasteiger partial charge in [0.25, 0.3) is 11.5 Å². The second-order valence-corrected chi connectivity index (χ2v) is 10.2. The average molecular weight is 630 g/mol. The van der Waals surface area contributed by atoms with Crippen LogP contribution in [-0.2, 0) is 16.1 Å². The fourth-order valence-corrected chi connectivity index (χ4v) is 5.02. The number of nitrogens with zero attached hydrogens (tertiary/aromatic N) is 3. The normalized spacial score (nSPS) is 11.6. The van der Waals surface area contributed by atoms with E-state index in [1.807, 2.05) is 0 Å². The molecule has 3 aromatic carbocycles. The smallest absolute Gasteiger partial charge is 0.320 e.